The average molecular weight is 339 g/mol. The number of benzene rings is 2. The predicted octanol–water partition coefficient (Wildman–Crippen LogP) is 3.25. The van der Waals surface area contributed by atoms with Gasteiger partial charge in [0.1, 0.15) is 6.33 Å². The Morgan fingerprint density at radius 1 is 1.12 bits per heavy atom. The monoisotopic (exact) mass is 339 g/mol. The summed E-state index contributed by atoms with van der Waals surface area (Å²) in [6.07, 6.45) is 3.53. The Morgan fingerprint density at radius 3 is 2.62 bits per heavy atom. The fourth-order valence-electron chi connectivity index (χ4n) is 2.43. The van der Waals surface area contributed by atoms with Crippen molar-refractivity contribution in [2.75, 3.05) is 11.6 Å². The summed E-state index contributed by atoms with van der Waals surface area (Å²) in [7, 11) is 0. The van der Waals surface area contributed by atoms with Gasteiger partial charge in [-0.1, -0.05) is 6.07 Å². The lowest BCUT2D eigenvalue weighted by Crippen LogP contribution is -2.14. The molecule has 0 spiro atoms. The molecule has 0 radical (unpaired) electrons. The first-order valence-corrected chi connectivity index (χ1v) is 8.61. The number of anilines is 1. The quantitative estimate of drug-likeness (QED) is 0.739. The van der Waals surface area contributed by atoms with Crippen molar-refractivity contribution in [2.24, 2.45) is 0 Å². The maximum Gasteiger partial charge on any atom is 0.255 e. The van der Waals surface area contributed by atoms with E-state index in [9.17, 15) is 4.79 Å². The van der Waals surface area contributed by atoms with E-state index in [1.165, 1.54) is 6.33 Å². The number of rotatable bonds is 4. The maximum atomic E-state index is 12.6. The molecule has 0 bridgehead atoms. The highest BCUT2D eigenvalue weighted by molar-refractivity contribution is 7.98. The fourth-order valence-corrected chi connectivity index (χ4v) is 2.87. The minimum Gasteiger partial charge on any atom is -0.322 e. The van der Waals surface area contributed by atoms with Crippen LogP contribution in [0, 0.1) is 13.8 Å². The zero-order chi connectivity index (χ0) is 17.1. The number of tetrazole rings is 1. The first-order valence-electron chi connectivity index (χ1n) is 7.38. The van der Waals surface area contributed by atoms with Crippen LogP contribution < -0.4 is 5.32 Å². The summed E-state index contributed by atoms with van der Waals surface area (Å²) < 4.78 is 1.59. The van der Waals surface area contributed by atoms with Crippen molar-refractivity contribution < 1.29 is 4.79 Å². The van der Waals surface area contributed by atoms with Crippen molar-refractivity contribution in [3.63, 3.8) is 0 Å². The zero-order valence-electron chi connectivity index (χ0n) is 13.6. The molecule has 1 heterocycles. The molecule has 0 saturated carbocycles. The largest absolute Gasteiger partial charge is 0.322 e. The van der Waals surface area contributed by atoms with Gasteiger partial charge in [-0.15, -0.1) is 16.9 Å². The number of carbonyl (C=O) groups is 1. The fraction of sp³-hybridized carbons (Fsp3) is 0.176. The molecule has 0 atom stereocenters. The van der Waals surface area contributed by atoms with E-state index in [-0.39, 0.29) is 5.91 Å². The number of thioether (sulfide) groups is 1. The molecule has 3 rings (SSSR count). The Bertz CT molecular complexity index is 877. The summed E-state index contributed by atoms with van der Waals surface area (Å²) in [6, 6.07) is 11.5. The van der Waals surface area contributed by atoms with E-state index in [4.69, 9.17) is 0 Å². The second kappa shape index (κ2) is 6.84. The van der Waals surface area contributed by atoms with Crippen LogP contribution in [0.25, 0.3) is 5.69 Å². The standard InChI is InChI=1S/C17H17N5OS/c1-11-4-6-14(24-3)9-15(11)17(23)19-13-5-7-16(12(2)8-13)22-10-18-20-21-22/h4-10H,1-3H3,(H,19,23). The zero-order valence-corrected chi connectivity index (χ0v) is 14.5. The highest BCUT2D eigenvalue weighted by atomic mass is 32.2. The number of aryl methyl sites for hydroxylation is 2. The van der Waals surface area contributed by atoms with Crippen LogP contribution in [0.4, 0.5) is 5.69 Å². The van der Waals surface area contributed by atoms with E-state index in [1.54, 1.807) is 16.4 Å². The molecular formula is C17H17N5OS. The number of nitrogens with zero attached hydrogens (tertiary/aromatic N) is 4. The van der Waals surface area contributed by atoms with Crippen molar-refractivity contribution >= 4 is 23.4 Å². The van der Waals surface area contributed by atoms with Crippen molar-refractivity contribution in [1.29, 1.82) is 0 Å². The molecule has 0 aliphatic carbocycles. The highest BCUT2D eigenvalue weighted by Gasteiger charge is 2.11. The number of hydrogen-bond acceptors (Lipinski definition) is 5. The Labute approximate surface area is 144 Å². The molecule has 1 aromatic heterocycles. The predicted molar refractivity (Wildman–Crippen MR) is 94.8 cm³/mol. The van der Waals surface area contributed by atoms with Crippen LogP contribution >= 0.6 is 11.8 Å². The second-order valence-electron chi connectivity index (χ2n) is 5.39. The van der Waals surface area contributed by atoms with Crippen molar-refractivity contribution in [3.8, 4) is 5.69 Å². The second-order valence-corrected chi connectivity index (χ2v) is 6.27. The van der Waals surface area contributed by atoms with Gasteiger partial charge in [-0.25, -0.2) is 4.68 Å². The number of hydrogen-bond donors (Lipinski definition) is 1. The van der Waals surface area contributed by atoms with Gasteiger partial charge >= 0.3 is 0 Å². The van der Waals surface area contributed by atoms with Crippen LogP contribution in [0.15, 0.2) is 47.6 Å². The Balaban J connectivity index is 1.84. The minimum atomic E-state index is -0.113. The van der Waals surface area contributed by atoms with Gasteiger partial charge in [0, 0.05) is 16.1 Å². The molecule has 6 nitrogen and oxygen atoms in total. The van der Waals surface area contributed by atoms with Gasteiger partial charge < -0.3 is 5.32 Å². The van der Waals surface area contributed by atoms with Crippen LogP contribution in [0.1, 0.15) is 21.5 Å². The molecule has 2 aromatic carbocycles. The Morgan fingerprint density at radius 2 is 1.96 bits per heavy atom. The van der Waals surface area contributed by atoms with E-state index in [2.05, 4.69) is 20.8 Å². The van der Waals surface area contributed by atoms with Gasteiger partial charge in [-0.3, -0.25) is 4.79 Å². The lowest BCUT2D eigenvalue weighted by Gasteiger charge is -2.11. The Hall–Kier alpha value is -2.67. The molecule has 3 aromatic rings. The number of carbonyl (C=O) groups excluding carboxylic acids is 1. The van der Waals surface area contributed by atoms with Gasteiger partial charge in [-0.2, -0.15) is 0 Å². The van der Waals surface area contributed by atoms with E-state index in [1.807, 2.05) is 56.5 Å². The molecule has 0 aliphatic heterocycles. The molecule has 1 N–H and O–H groups in total. The molecule has 122 valence electrons. The van der Waals surface area contributed by atoms with Gasteiger partial charge in [-0.05, 0) is 72.0 Å². The maximum absolute atomic E-state index is 12.6. The average Bonchev–Trinajstić information content (AvgIpc) is 3.09. The Kier molecular flexibility index (Phi) is 4.61. The van der Waals surface area contributed by atoms with E-state index in [0.29, 0.717) is 5.56 Å². The van der Waals surface area contributed by atoms with Crippen molar-refractivity contribution in [3.05, 3.63) is 59.4 Å². The molecule has 1 amide bonds. The third-order valence-electron chi connectivity index (χ3n) is 3.74. The van der Waals surface area contributed by atoms with Gasteiger partial charge in [0.2, 0.25) is 0 Å². The van der Waals surface area contributed by atoms with Crippen LogP contribution in [-0.2, 0) is 0 Å². The lowest BCUT2D eigenvalue weighted by molar-refractivity contribution is 0.102. The van der Waals surface area contributed by atoms with Gasteiger partial charge in [0.15, 0.2) is 0 Å². The lowest BCUT2D eigenvalue weighted by atomic mass is 10.1. The minimum absolute atomic E-state index is 0.113. The van der Waals surface area contributed by atoms with Crippen molar-refractivity contribution in [2.45, 2.75) is 18.7 Å². The third kappa shape index (κ3) is 3.30. The summed E-state index contributed by atoms with van der Waals surface area (Å²) in [5.41, 5.74) is 4.22. The summed E-state index contributed by atoms with van der Waals surface area (Å²) in [5.74, 6) is -0.113. The molecule has 24 heavy (non-hydrogen) atoms. The highest BCUT2D eigenvalue weighted by Crippen LogP contribution is 2.22. The molecule has 0 fully saturated rings. The normalized spacial score (nSPS) is 10.6. The molecule has 0 aliphatic rings. The summed E-state index contributed by atoms with van der Waals surface area (Å²) in [5, 5.41) is 14.1. The summed E-state index contributed by atoms with van der Waals surface area (Å²) in [4.78, 5) is 13.6. The SMILES string of the molecule is CSc1ccc(C)c(C(=O)Nc2ccc(-n3cnnn3)c(C)c2)c1. The summed E-state index contributed by atoms with van der Waals surface area (Å²) >= 11 is 1.62. The topological polar surface area (TPSA) is 72.7 Å². The van der Waals surface area contributed by atoms with Crippen molar-refractivity contribution in [1.82, 2.24) is 20.2 Å². The smallest absolute Gasteiger partial charge is 0.255 e. The summed E-state index contributed by atoms with van der Waals surface area (Å²) in [6.45, 7) is 3.89. The van der Waals surface area contributed by atoms with Gasteiger partial charge in [0.25, 0.3) is 5.91 Å². The number of nitrogens with one attached hydrogen (secondary N) is 1. The molecule has 0 unspecified atom stereocenters. The van der Waals surface area contributed by atoms with Crippen LogP contribution in [-0.4, -0.2) is 32.4 Å². The van der Waals surface area contributed by atoms with Crippen LogP contribution in [0.5, 0.6) is 0 Å². The molecule has 0 saturated heterocycles. The number of aromatic nitrogens is 4. The first-order chi connectivity index (χ1) is 11.6. The van der Waals surface area contributed by atoms with Crippen LogP contribution in [0.2, 0.25) is 0 Å². The van der Waals surface area contributed by atoms with E-state index in [0.717, 1.165) is 27.4 Å². The molecule has 7 heteroatoms. The van der Waals surface area contributed by atoms with E-state index >= 15 is 0 Å². The first kappa shape index (κ1) is 16.2. The van der Waals surface area contributed by atoms with E-state index < -0.39 is 0 Å². The molecular weight excluding hydrogens is 322 g/mol. The van der Waals surface area contributed by atoms with Crippen LogP contribution in [0.3, 0.4) is 0 Å². The number of amides is 1. The van der Waals surface area contributed by atoms with Gasteiger partial charge in [0.05, 0.1) is 5.69 Å². The third-order valence-corrected chi connectivity index (χ3v) is 4.47.